The Morgan fingerprint density at radius 3 is 2.65 bits per heavy atom. The van der Waals surface area contributed by atoms with Gasteiger partial charge < -0.3 is 15.4 Å². The van der Waals surface area contributed by atoms with Gasteiger partial charge in [0.25, 0.3) is 11.8 Å². The monoisotopic (exact) mass is 465 g/mol. The number of carbonyl (C=O) groups excluding carboxylic acids is 2. The van der Waals surface area contributed by atoms with Gasteiger partial charge in [-0.25, -0.2) is 8.42 Å². The lowest BCUT2D eigenvalue weighted by molar-refractivity contribution is -0.122. The zero-order chi connectivity index (χ0) is 22.8. The van der Waals surface area contributed by atoms with Gasteiger partial charge in [0.2, 0.25) is 10.0 Å². The Bertz CT molecular complexity index is 1110. The van der Waals surface area contributed by atoms with Gasteiger partial charge >= 0.3 is 0 Å². The average Bonchev–Trinajstić information content (AvgIpc) is 2.72. The second-order valence-electron chi connectivity index (χ2n) is 7.33. The van der Waals surface area contributed by atoms with E-state index in [1.165, 1.54) is 12.1 Å². The molecule has 0 spiro atoms. The molecule has 1 aliphatic rings. The van der Waals surface area contributed by atoms with Gasteiger partial charge in [-0.1, -0.05) is 30.7 Å². The minimum atomic E-state index is -3.68. The molecule has 2 amide bonds. The molecule has 0 saturated heterocycles. The highest BCUT2D eigenvalue weighted by atomic mass is 35.5. The van der Waals surface area contributed by atoms with E-state index in [9.17, 15) is 18.0 Å². The third-order valence-corrected chi connectivity index (χ3v) is 6.28. The fourth-order valence-corrected chi connectivity index (χ4v) is 4.15. The zero-order valence-electron chi connectivity index (χ0n) is 17.4. The number of benzene rings is 2. The molecular formula is C21H24ClN3O5S. The molecule has 1 aliphatic heterocycles. The predicted molar refractivity (Wildman–Crippen MR) is 120 cm³/mol. The molecule has 0 radical (unpaired) electrons. The van der Waals surface area contributed by atoms with E-state index in [1.54, 1.807) is 30.3 Å². The third-order valence-electron chi connectivity index (χ3n) is 4.90. The van der Waals surface area contributed by atoms with Crippen LogP contribution in [0.5, 0.6) is 5.75 Å². The van der Waals surface area contributed by atoms with Crippen molar-refractivity contribution >= 4 is 44.8 Å². The third kappa shape index (κ3) is 5.29. The summed E-state index contributed by atoms with van der Waals surface area (Å²) in [5.74, 6) is -0.658. The Balaban J connectivity index is 1.85. The molecule has 0 unspecified atom stereocenters. The highest BCUT2D eigenvalue weighted by molar-refractivity contribution is 7.92. The summed E-state index contributed by atoms with van der Waals surface area (Å²) in [7, 11) is -3.68. The molecule has 2 N–H and O–H groups in total. The van der Waals surface area contributed by atoms with E-state index in [2.05, 4.69) is 10.6 Å². The molecule has 2 aromatic rings. The number of para-hydroxylation sites is 1. The second kappa shape index (κ2) is 9.15. The molecule has 31 heavy (non-hydrogen) atoms. The average molecular weight is 466 g/mol. The Labute approximate surface area is 186 Å². The SMILES string of the molecule is CC[C@@H](C)NC(=O)c1ccccc1NC(=O)[C@@H]1CN(S(C)(=O)=O)c2cc(Cl)ccc2O1. The number of sulfonamides is 1. The van der Waals surface area contributed by atoms with Crippen molar-refractivity contribution in [2.24, 2.45) is 0 Å². The van der Waals surface area contributed by atoms with Crippen LogP contribution >= 0.6 is 11.6 Å². The van der Waals surface area contributed by atoms with E-state index in [0.717, 1.165) is 17.0 Å². The van der Waals surface area contributed by atoms with Gasteiger partial charge in [0.1, 0.15) is 5.75 Å². The lowest BCUT2D eigenvalue weighted by Crippen LogP contribution is -2.48. The van der Waals surface area contributed by atoms with Crippen molar-refractivity contribution in [1.29, 1.82) is 0 Å². The summed E-state index contributed by atoms with van der Waals surface area (Å²) in [6.45, 7) is 3.62. The standard InChI is InChI=1S/C21H24ClN3O5S/c1-4-13(2)23-20(26)15-7-5-6-8-16(15)24-21(27)19-12-25(31(3,28)29)17-11-14(22)9-10-18(17)30-19/h5-11,13,19H,4,12H2,1-3H3,(H,23,26)(H,24,27)/t13-,19+/m1/s1. The first-order chi connectivity index (χ1) is 14.6. The molecule has 10 heteroatoms. The largest absolute Gasteiger partial charge is 0.476 e. The summed E-state index contributed by atoms with van der Waals surface area (Å²) in [6.07, 6.45) is 0.696. The smallest absolute Gasteiger partial charge is 0.267 e. The number of carbonyl (C=O) groups is 2. The Morgan fingerprint density at radius 1 is 1.26 bits per heavy atom. The topological polar surface area (TPSA) is 105 Å². The molecule has 0 bridgehead atoms. The van der Waals surface area contributed by atoms with Crippen LogP contribution in [0, 0.1) is 0 Å². The van der Waals surface area contributed by atoms with E-state index in [1.807, 2.05) is 13.8 Å². The summed E-state index contributed by atoms with van der Waals surface area (Å²) in [5, 5.41) is 5.90. The Hall–Kier alpha value is -2.78. The van der Waals surface area contributed by atoms with E-state index in [4.69, 9.17) is 16.3 Å². The molecule has 1 heterocycles. The maximum atomic E-state index is 13.0. The van der Waals surface area contributed by atoms with Crippen LogP contribution in [0.1, 0.15) is 30.6 Å². The summed E-state index contributed by atoms with van der Waals surface area (Å²) in [4.78, 5) is 25.5. The molecule has 0 aliphatic carbocycles. The lowest BCUT2D eigenvalue weighted by Gasteiger charge is -2.34. The van der Waals surface area contributed by atoms with Crippen molar-refractivity contribution in [3.8, 4) is 5.75 Å². The summed E-state index contributed by atoms with van der Waals surface area (Å²) >= 11 is 6.00. The van der Waals surface area contributed by atoms with Crippen molar-refractivity contribution in [3.05, 3.63) is 53.1 Å². The van der Waals surface area contributed by atoms with Gasteiger partial charge in [-0.3, -0.25) is 13.9 Å². The fourth-order valence-electron chi connectivity index (χ4n) is 3.08. The lowest BCUT2D eigenvalue weighted by atomic mass is 10.1. The Kier molecular flexibility index (Phi) is 6.76. The molecule has 2 aromatic carbocycles. The fraction of sp³-hybridized carbons (Fsp3) is 0.333. The van der Waals surface area contributed by atoms with Gasteiger partial charge in [0, 0.05) is 11.1 Å². The number of anilines is 2. The number of hydrogen-bond donors (Lipinski definition) is 2. The zero-order valence-corrected chi connectivity index (χ0v) is 19.0. The van der Waals surface area contributed by atoms with Crippen LogP contribution in [0.15, 0.2) is 42.5 Å². The summed E-state index contributed by atoms with van der Waals surface area (Å²) in [6, 6.07) is 11.1. The van der Waals surface area contributed by atoms with E-state index in [-0.39, 0.29) is 29.9 Å². The van der Waals surface area contributed by atoms with Crippen LogP contribution in [0.25, 0.3) is 0 Å². The van der Waals surface area contributed by atoms with Crippen molar-refractivity contribution in [1.82, 2.24) is 5.32 Å². The summed E-state index contributed by atoms with van der Waals surface area (Å²) in [5.41, 5.74) is 0.885. The van der Waals surface area contributed by atoms with Crippen molar-refractivity contribution in [3.63, 3.8) is 0 Å². The molecule has 3 rings (SSSR count). The predicted octanol–water partition coefficient (Wildman–Crippen LogP) is 3.03. The van der Waals surface area contributed by atoms with Crippen LogP contribution in [-0.2, 0) is 14.8 Å². The molecule has 0 saturated carbocycles. The van der Waals surface area contributed by atoms with Gasteiger partial charge in [0.15, 0.2) is 6.10 Å². The molecule has 166 valence electrons. The van der Waals surface area contributed by atoms with Crippen molar-refractivity contribution < 1.29 is 22.7 Å². The number of rotatable bonds is 6. The number of nitrogens with zero attached hydrogens (tertiary/aromatic N) is 1. The maximum absolute atomic E-state index is 13.0. The van der Waals surface area contributed by atoms with Crippen LogP contribution in [0.4, 0.5) is 11.4 Å². The highest BCUT2D eigenvalue weighted by Gasteiger charge is 2.35. The molecule has 2 atom stereocenters. The van der Waals surface area contributed by atoms with E-state index in [0.29, 0.717) is 16.3 Å². The summed E-state index contributed by atoms with van der Waals surface area (Å²) < 4.78 is 31.4. The molecular weight excluding hydrogens is 442 g/mol. The van der Waals surface area contributed by atoms with E-state index >= 15 is 0 Å². The maximum Gasteiger partial charge on any atom is 0.267 e. The number of halogens is 1. The first-order valence-electron chi connectivity index (χ1n) is 9.74. The number of hydrogen-bond acceptors (Lipinski definition) is 5. The second-order valence-corrected chi connectivity index (χ2v) is 9.67. The quantitative estimate of drug-likeness (QED) is 0.682. The van der Waals surface area contributed by atoms with Crippen LogP contribution in [-0.4, -0.2) is 45.2 Å². The first kappa shape index (κ1) is 22.9. The molecule has 0 fully saturated rings. The Morgan fingerprint density at radius 2 is 1.97 bits per heavy atom. The number of fused-ring (bicyclic) bond motifs is 1. The number of ether oxygens (including phenoxy) is 1. The van der Waals surface area contributed by atoms with Crippen molar-refractivity contribution in [2.45, 2.75) is 32.4 Å². The van der Waals surface area contributed by atoms with Crippen LogP contribution < -0.4 is 19.7 Å². The number of amides is 2. The van der Waals surface area contributed by atoms with Gasteiger partial charge in [-0.15, -0.1) is 0 Å². The highest BCUT2D eigenvalue weighted by Crippen LogP contribution is 2.37. The van der Waals surface area contributed by atoms with Crippen LogP contribution in [0.3, 0.4) is 0 Å². The van der Waals surface area contributed by atoms with Crippen molar-refractivity contribution in [2.75, 3.05) is 22.4 Å². The first-order valence-corrected chi connectivity index (χ1v) is 12.0. The molecule has 8 nitrogen and oxygen atoms in total. The van der Waals surface area contributed by atoms with E-state index < -0.39 is 22.0 Å². The normalized spacial score (nSPS) is 16.6. The minimum absolute atomic E-state index is 0.0235. The van der Waals surface area contributed by atoms with Gasteiger partial charge in [-0.2, -0.15) is 0 Å². The minimum Gasteiger partial charge on any atom is -0.476 e. The molecule has 0 aromatic heterocycles. The number of nitrogens with one attached hydrogen (secondary N) is 2. The van der Waals surface area contributed by atoms with Gasteiger partial charge in [-0.05, 0) is 43.7 Å². The van der Waals surface area contributed by atoms with Crippen LogP contribution in [0.2, 0.25) is 5.02 Å². The van der Waals surface area contributed by atoms with Gasteiger partial charge in [0.05, 0.1) is 29.7 Å².